The van der Waals surface area contributed by atoms with Gasteiger partial charge in [0.15, 0.2) is 0 Å². The first kappa shape index (κ1) is 11.3. The number of anilines is 1. The average Bonchev–Trinajstić information content (AvgIpc) is 2.73. The van der Waals surface area contributed by atoms with Gasteiger partial charge in [-0.1, -0.05) is 11.5 Å². The van der Waals surface area contributed by atoms with Crippen LogP contribution in [0.1, 0.15) is 0 Å². The Morgan fingerprint density at radius 2 is 2.00 bits per heavy atom. The fourth-order valence-corrected chi connectivity index (χ4v) is 1.90. The number of rotatable bonds is 4. The van der Waals surface area contributed by atoms with E-state index in [0.29, 0.717) is 6.67 Å². The number of hydrogen-bond acceptors (Lipinski definition) is 5. The van der Waals surface area contributed by atoms with E-state index in [1.165, 1.54) is 29.7 Å². The van der Waals surface area contributed by atoms with Crippen LogP contribution in [0.3, 0.4) is 0 Å². The van der Waals surface area contributed by atoms with Crippen molar-refractivity contribution in [1.29, 1.82) is 0 Å². The Hall–Kier alpha value is -2.15. The molecule has 7 heteroatoms. The minimum atomic E-state index is -0.451. The maximum atomic E-state index is 11.2. The molecule has 0 saturated carbocycles. The van der Waals surface area contributed by atoms with Gasteiger partial charge in [-0.25, -0.2) is 3.96 Å². The van der Waals surface area contributed by atoms with Crippen LogP contribution >= 0.6 is 11.5 Å². The number of hydrogen-bond donors (Lipinski definition) is 1. The summed E-state index contributed by atoms with van der Waals surface area (Å²) in [6, 6.07) is 7.54. The standard InChI is InChI=1S/C10H9N3O3S/c14-10-5-6-17-12(10)7-11-8-1-3-9(4-2-8)13(15)16/h1-6,11H,7H2. The molecule has 0 spiro atoms. The maximum absolute atomic E-state index is 11.2. The van der Waals surface area contributed by atoms with Crippen LogP contribution in [-0.2, 0) is 6.67 Å². The van der Waals surface area contributed by atoms with Gasteiger partial charge < -0.3 is 5.32 Å². The van der Waals surface area contributed by atoms with Crippen LogP contribution in [0.25, 0.3) is 0 Å². The molecule has 17 heavy (non-hydrogen) atoms. The Morgan fingerprint density at radius 1 is 1.29 bits per heavy atom. The maximum Gasteiger partial charge on any atom is 0.269 e. The van der Waals surface area contributed by atoms with Gasteiger partial charge in [0.2, 0.25) is 0 Å². The summed E-state index contributed by atoms with van der Waals surface area (Å²) in [5, 5.41) is 15.2. The van der Waals surface area contributed by atoms with Crippen molar-refractivity contribution in [2.75, 3.05) is 5.32 Å². The first-order valence-electron chi connectivity index (χ1n) is 4.80. The van der Waals surface area contributed by atoms with E-state index >= 15 is 0 Å². The number of non-ortho nitro benzene ring substituents is 1. The second-order valence-electron chi connectivity index (χ2n) is 3.26. The average molecular weight is 251 g/mol. The molecule has 0 amide bonds. The Kier molecular flexibility index (Phi) is 3.20. The molecule has 1 aromatic heterocycles. The topological polar surface area (TPSA) is 77.2 Å². The van der Waals surface area contributed by atoms with Gasteiger partial charge in [-0.2, -0.15) is 0 Å². The van der Waals surface area contributed by atoms with Crippen molar-refractivity contribution in [2.45, 2.75) is 6.67 Å². The van der Waals surface area contributed by atoms with Gasteiger partial charge in [-0.3, -0.25) is 14.9 Å². The van der Waals surface area contributed by atoms with Gasteiger partial charge in [-0.05, 0) is 12.1 Å². The van der Waals surface area contributed by atoms with Gasteiger partial charge >= 0.3 is 0 Å². The lowest BCUT2D eigenvalue weighted by molar-refractivity contribution is -0.384. The molecule has 1 aromatic carbocycles. The number of nitro benzene ring substituents is 1. The molecule has 0 saturated heterocycles. The van der Waals surface area contributed by atoms with Crippen molar-refractivity contribution in [1.82, 2.24) is 3.96 Å². The van der Waals surface area contributed by atoms with Crippen molar-refractivity contribution in [3.63, 3.8) is 0 Å². The lowest BCUT2D eigenvalue weighted by atomic mass is 10.3. The number of benzene rings is 1. The molecule has 0 fully saturated rings. The van der Waals surface area contributed by atoms with Crippen LogP contribution in [0, 0.1) is 10.1 Å². The molecule has 0 bridgehead atoms. The van der Waals surface area contributed by atoms with E-state index in [2.05, 4.69) is 5.32 Å². The number of nitrogens with zero attached hydrogens (tertiary/aromatic N) is 2. The summed E-state index contributed by atoms with van der Waals surface area (Å²) in [7, 11) is 0. The minimum Gasteiger partial charge on any atom is -0.367 e. The summed E-state index contributed by atoms with van der Waals surface area (Å²) in [6.07, 6.45) is 0. The van der Waals surface area contributed by atoms with E-state index < -0.39 is 4.92 Å². The SMILES string of the molecule is O=c1ccsn1CNc1ccc([N+](=O)[O-])cc1. The quantitative estimate of drug-likeness (QED) is 0.665. The van der Waals surface area contributed by atoms with Gasteiger partial charge in [0, 0.05) is 29.3 Å². The summed E-state index contributed by atoms with van der Waals surface area (Å²) in [5.41, 5.74) is 0.712. The second kappa shape index (κ2) is 4.79. The summed E-state index contributed by atoms with van der Waals surface area (Å²) in [6.45, 7) is 0.355. The van der Waals surface area contributed by atoms with Crippen molar-refractivity contribution in [3.8, 4) is 0 Å². The molecule has 0 atom stereocenters. The second-order valence-corrected chi connectivity index (χ2v) is 4.19. The first-order chi connectivity index (χ1) is 8.16. The third-order valence-electron chi connectivity index (χ3n) is 2.15. The van der Waals surface area contributed by atoms with E-state index in [4.69, 9.17) is 0 Å². The highest BCUT2D eigenvalue weighted by Crippen LogP contribution is 2.15. The molecule has 0 aliphatic rings. The normalized spacial score (nSPS) is 10.1. The Labute approximate surface area is 100 Å². The molecule has 0 aliphatic carbocycles. The molecule has 88 valence electrons. The van der Waals surface area contributed by atoms with E-state index in [-0.39, 0.29) is 11.2 Å². The van der Waals surface area contributed by atoms with Crippen molar-refractivity contribution in [2.24, 2.45) is 0 Å². The first-order valence-corrected chi connectivity index (χ1v) is 5.63. The van der Waals surface area contributed by atoms with E-state index in [1.807, 2.05) is 0 Å². The molecule has 2 rings (SSSR count). The predicted molar refractivity (Wildman–Crippen MR) is 65.3 cm³/mol. The van der Waals surface area contributed by atoms with Crippen LogP contribution in [0.2, 0.25) is 0 Å². The van der Waals surface area contributed by atoms with Crippen LogP contribution in [0.5, 0.6) is 0 Å². The molecule has 0 unspecified atom stereocenters. The Bertz CT molecular complexity index is 573. The molecular weight excluding hydrogens is 242 g/mol. The predicted octanol–water partition coefficient (Wildman–Crippen LogP) is 1.89. The minimum absolute atomic E-state index is 0.0452. The van der Waals surface area contributed by atoms with Gasteiger partial charge in [0.1, 0.15) is 6.67 Å². The Balaban J connectivity index is 2.03. The van der Waals surface area contributed by atoms with Gasteiger partial charge in [0.25, 0.3) is 11.2 Å². The highest BCUT2D eigenvalue weighted by atomic mass is 32.1. The van der Waals surface area contributed by atoms with Crippen molar-refractivity contribution < 1.29 is 4.92 Å². The highest BCUT2D eigenvalue weighted by molar-refractivity contribution is 7.04. The summed E-state index contributed by atoms with van der Waals surface area (Å²) in [5.74, 6) is 0. The van der Waals surface area contributed by atoms with Gasteiger partial charge in [0.05, 0.1) is 4.92 Å². The summed E-state index contributed by atoms with van der Waals surface area (Å²) < 4.78 is 1.54. The smallest absolute Gasteiger partial charge is 0.269 e. The molecule has 2 aromatic rings. The molecule has 6 nitrogen and oxygen atoms in total. The van der Waals surface area contributed by atoms with Gasteiger partial charge in [-0.15, -0.1) is 0 Å². The fraction of sp³-hybridized carbons (Fsp3) is 0.100. The number of nitrogens with one attached hydrogen (secondary N) is 1. The van der Waals surface area contributed by atoms with E-state index in [0.717, 1.165) is 5.69 Å². The van der Waals surface area contributed by atoms with Crippen LogP contribution in [-0.4, -0.2) is 8.88 Å². The van der Waals surface area contributed by atoms with E-state index in [9.17, 15) is 14.9 Å². The lowest BCUT2D eigenvalue weighted by Gasteiger charge is -2.05. The van der Waals surface area contributed by atoms with Crippen LogP contribution in [0.4, 0.5) is 11.4 Å². The fourth-order valence-electron chi connectivity index (χ4n) is 1.28. The summed E-state index contributed by atoms with van der Waals surface area (Å²) >= 11 is 1.31. The molecular formula is C10H9N3O3S. The van der Waals surface area contributed by atoms with Crippen LogP contribution < -0.4 is 10.9 Å². The third-order valence-corrected chi connectivity index (χ3v) is 2.97. The monoisotopic (exact) mass is 251 g/mol. The third kappa shape index (κ3) is 2.70. The Morgan fingerprint density at radius 3 is 2.53 bits per heavy atom. The highest BCUT2D eigenvalue weighted by Gasteiger charge is 2.03. The zero-order chi connectivity index (χ0) is 12.3. The van der Waals surface area contributed by atoms with Crippen LogP contribution in [0.15, 0.2) is 40.5 Å². The zero-order valence-electron chi connectivity index (χ0n) is 8.70. The largest absolute Gasteiger partial charge is 0.367 e. The zero-order valence-corrected chi connectivity index (χ0v) is 9.52. The summed E-state index contributed by atoms with van der Waals surface area (Å²) in [4.78, 5) is 21.2. The molecule has 1 N–H and O–H groups in total. The van der Waals surface area contributed by atoms with E-state index in [1.54, 1.807) is 21.5 Å². The van der Waals surface area contributed by atoms with Crippen molar-refractivity contribution >= 4 is 22.9 Å². The molecule has 0 radical (unpaired) electrons. The molecule has 1 heterocycles. The van der Waals surface area contributed by atoms with Crippen molar-refractivity contribution in [3.05, 3.63) is 56.2 Å². The number of nitro groups is 1. The number of aromatic nitrogens is 1. The lowest BCUT2D eigenvalue weighted by Crippen LogP contribution is -2.16. The molecule has 0 aliphatic heterocycles.